The van der Waals surface area contributed by atoms with E-state index in [4.69, 9.17) is 4.74 Å². The Morgan fingerprint density at radius 1 is 1.15 bits per heavy atom. The monoisotopic (exact) mass is 377 g/mol. The highest BCUT2D eigenvalue weighted by molar-refractivity contribution is 5.79. The fourth-order valence-electron chi connectivity index (χ4n) is 6.04. The lowest BCUT2D eigenvalue weighted by Crippen LogP contribution is -2.56. The van der Waals surface area contributed by atoms with E-state index in [1.54, 1.807) is 0 Å². The molecule has 0 bridgehead atoms. The molecule has 0 aromatic rings. The Balaban J connectivity index is 1.34. The summed E-state index contributed by atoms with van der Waals surface area (Å²) in [6.07, 6.45) is 8.80. The maximum Gasteiger partial charge on any atom is 0.409 e. The molecule has 1 unspecified atom stereocenters. The van der Waals surface area contributed by atoms with Crippen molar-refractivity contribution in [3.8, 4) is 0 Å². The Labute approximate surface area is 163 Å². The van der Waals surface area contributed by atoms with Crippen molar-refractivity contribution in [1.82, 2.24) is 14.7 Å². The Morgan fingerprint density at radius 2 is 1.89 bits per heavy atom. The molecule has 0 aromatic carbocycles. The second-order valence-corrected chi connectivity index (χ2v) is 9.20. The molecule has 0 N–H and O–H groups in total. The molecule has 152 valence electrons. The van der Waals surface area contributed by atoms with E-state index < -0.39 is 0 Å². The average molecular weight is 378 g/mol. The van der Waals surface area contributed by atoms with E-state index >= 15 is 0 Å². The van der Waals surface area contributed by atoms with Crippen LogP contribution in [-0.2, 0) is 9.53 Å². The van der Waals surface area contributed by atoms with E-state index in [0.717, 1.165) is 51.9 Å². The van der Waals surface area contributed by atoms with Gasteiger partial charge in [-0.05, 0) is 51.9 Å². The molecular formula is C21H35N3O3. The maximum absolute atomic E-state index is 12.7. The summed E-state index contributed by atoms with van der Waals surface area (Å²) in [4.78, 5) is 31.4. The lowest BCUT2D eigenvalue weighted by molar-refractivity contribution is -0.132. The summed E-state index contributed by atoms with van der Waals surface area (Å²) >= 11 is 0. The van der Waals surface area contributed by atoms with Crippen molar-refractivity contribution in [1.29, 1.82) is 0 Å². The number of nitrogens with zero attached hydrogens (tertiary/aromatic N) is 3. The van der Waals surface area contributed by atoms with Gasteiger partial charge >= 0.3 is 6.09 Å². The van der Waals surface area contributed by atoms with Crippen molar-refractivity contribution >= 4 is 12.0 Å². The molecule has 0 spiro atoms. The molecular weight excluding hydrogens is 342 g/mol. The smallest absolute Gasteiger partial charge is 0.409 e. The summed E-state index contributed by atoms with van der Waals surface area (Å²) < 4.78 is 5.18. The minimum Gasteiger partial charge on any atom is -0.450 e. The summed E-state index contributed by atoms with van der Waals surface area (Å²) in [5.41, 5.74) is 0.0418. The first-order valence-corrected chi connectivity index (χ1v) is 11.0. The first kappa shape index (κ1) is 19.0. The van der Waals surface area contributed by atoms with Crippen molar-refractivity contribution in [3.05, 3.63) is 0 Å². The van der Waals surface area contributed by atoms with E-state index in [1.165, 1.54) is 25.7 Å². The average Bonchev–Trinajstić information content (AvgIpc) is 3.23. The zero-order valence-corrected chi connectivity index (χ0v) is 17.0. The molecule has 1 saturated carbocycles. The van der Waals surface area contributed by atoms with Crippen LogP contribution in [0.4, 0.5) is 4.79 Å². The summed E-state index contributed by atoms with van der Waals surface area (Å²) in [7, 11) is 0. The molecule has 0 radical (unpaired) electrons. The molecule has 3 atom stereocenters. The van der Waals surface area contributed by atoms with Crippen molar-refractivity contribution in [3.63, 3.8) is 0 Å². The van der Waals surface area contributed by atoms with Gasteiger partial charge in [-0.2, -0.15) is 0 Å². The van der Waals surface area contributed by atoms with Gasteiger partial charge in [0.2, 0.25) is 5.91 Å². The van der Waals surface area contributed by atoms with E-state index in [-0.39, 0.29) is 11.6 Å². The molecule has 1 aliphatic carbocycles. The molecule has 6 heteroatoms. The number of carbonyl (C=O) groups is 2. The van der Waals surface area contributed by atoms with Gasteiger partial charge in [0.15, 0.2) is 0 Å². The van der Waals surface area contributed by atoms with Crippen LogP contribution in [0.2, 0.25) is 0 Å². The van der Waals surface area contributed by atoms with E-state index in [1.807, 2.05) is 11.8 Å². The predicted octanol–water partition coefficient (Wildman–Crippen LogP) is 2.86. The van der Waals surface area contributed by atoms with Gasteiger partial charge in [0.1, 0.15) is 0 Å². The SMILES string of the molecule is CCOC(=O)N1CCC(C)(N2CCC(N3C(=O)C[C@H]4CCCC[C@@H]43)CC2)C1. The van der Waals surface area contributed by atoms with Crippen molar-refractivity contribution in [2.45, 2.75) is 82.8 Å². The lowest BCUT2D eigenvalue weighted by atomic mass is 9.84. The second-order valence-electron chi connectivity index (χ2n) is 9.20. The number of piperidine rings is 1. The summed E-state index contributed by atoms with van der Waals surface area (Å²) in [6, 6.07) is 0.942. The Hall–Kier alpha value is -1.30. The number of ether oxygens (including phenoxy) is 1. The molecule has 3 heterocycles. The van der Waals surface area contributed by atoms with Crippen LogP contribution in [0, 0.1) is 5.92 Å². The Morgan fingerprint density at radius 3 is 2.63 bits per heavy atom. The third-order valence-corrected chi connectivity index (χ3v) is 7.55. The van der Waals surface area contributed by atoms with Gasteiger partial charge in [0.05, 0.1) is 6.61 Å². The number of fused-ring (bicyclic) bond motifs is 1. The first-order valence-electron chi connectivity index (χ1n) is 11.0. The van der Waals surface area contributed by atoms with E-state index in [9.17, 15) is 9.59 Å². The van der Waals surface area contributed by atoms with Crippen molar-refractivity contribution in [2.24, 2.45) is 5.92 Å². The number of amides is 2. The fraction of sp³-hybridized carbons (Fsp3) is 0.905. The zero-order valence-electron chi connectivity index (χ0n) is 17.0. The highest BCUT2D eigenvalue weighted by atomic mass is 16.6. The van der Waals surface area contributed by atoms with Gasteiger partial charge in [-0.15, -0.1) is 0 Å². The first-order chi connectivity index (χ1) is 13.0. The molecule has 0 aromatic heterocycles. The van der Waals surface area contributed by atoms with Gasteiger partial charge in [0, 0.05) is 50.2 Å². The predicted molar refractivity (Wildman–Crippen MR) is 103 cm³/mol. The van der Waals surface area contributed by atoms with Gasteiger partial charge in [-0.1, -0.05) is 12.8 Å². The fourth-order valence-corrected chi connectivity index (χ4v) is 6.04. The summed E-state index contributed by atoms with van der Waals surface area (Å²) in [5.74, 6) is 1.03. The maximum atomic E-state index is 12.7. The number of hydrogen-bond donors (Lipinski definition) is 0. The Bertz CT molecular complexity index is 575. The van der Waals surface area contributed by atoms with Crippen LogP contribution < -0.4 is 0 Å². The largest absolute Gasteiger partial charge is 0.450 e. The number of likely N-dealkylation sites (tertiary alicyclic amines) is 3. The minimum absolute atomic E-state index is 0.0418. The topological polar surface area (TPSA) is 53.1 Å². The van der Waals surface area contributed by atoms with Gasteiger partial charge < -0.3 is 14.5 Å². The lowest BCUT2D eigenvalue weighted by Gasteiger charge is -2.46. The van der Waals surface area contributed by atoms with Crippen LogP contribution in [0.15, 0.2) is 0 Å². The van der Waals surface area contributed by atoms with Crippen LogP contribution in [0.1, 0.15) is 65.2 Å². The molecule has 3 saturated heterocycles. The Kier molecular flexibility index (Phi) is 5.36. The molecule has 6 nitrogen and oxygen atoms in total. The number of carbonyl (C=O) groups excluding carboxylic acids is 2. The van der Waals surface area contributed by atoms with Gasteiger partial charge in [0.25, 0.3) is 0 Å². The minimum atomic E-state index is -0.179. The van der Waals surface area contributed by atoms with Crippen molar-refractivity contribution < 1.29 is 14.3 Å². The van der Waals surface area contributed by atoms with E-state index in [2.05, 4.69) is 16.7 Å². The van der Waals surface area contributed by atoms with Crippen LogP contribution in [0.3, 0.4) is 0 Å². The van der Waals surface area contributed by atoms with Crippen LogP contribution in [0.5, 0.6) is 0 Å². The standard InChI is InChI=1S/C21H35N3O3/c1-3-27-20(26)22-13-10-21(2,15-22)23-11-8-17(9-12-23)24-18-7-5-4-6-16(18)14-19(24)25/h16-18H,3-15H2,1-2H3/t16-,18+,21?/m1/s1. The molecule has 4 fully saturated rings. The van der Waals surface area contributed by atoms with Crippen molar-refractivity contribution in [2.75, 3.05) is 32.8 Å². The molecule has 4 rings (SSSR count). The van der Waals surface area contributed by atoms with Gasteiger partial charge in [-0.25, -0.2) is 4.79 Å². The molecule has 2 amide bonds. The number of hydrogen-bond acceptors (Lipinski definition) is 4. The van der Waals surface area contributed by atoms with Crippen LogP contribution in [0.25, 0.3) is 0 Å². The van der Waals surface area contributed by atoms with Gasteiger partial charge in [-0.3, -0.25) is 9.69 Å². The highest BCUT2D eigenvalue weighted by Crippen LogP contribution is 2.40. The zero-order chi connectivity index (χ0) is 19.0. The van der Waals surface area contributed by atoms with E-state index in [0.29, 0.717) is 30.5 Å². The third kappa shape index (κ3) is 3.57. The summed E-state index contributed by atoms with van der Waals surface area (Å²) in [5, 5.41) is 0. The van der Waals surface area contributed by atoms with Crippen LogP contribution in [-0.4, -0.2) is 77.1 Å². The highest BCUT2D eigenvalue weighted by Gasteiger charge is 2.47. The summed E-state index contributed by atoms with van der Waals surface area (Å²) in [6.45, 7) is 8.16. The normalized spacial score (nSPS) is 35.6. The second kappa shape index (κ2) is 7.61. The quantitative estimate of drug-likeness (QED) is 0.759. The van der Waals surface area contributed by atoms with Crippen LogP contribution >= 0.6 is 0 Å². The third-order valence-electron chi connectivity index (χ3n) is 7.55. The molecule has 27 heavy (non-hydrogen) atoms. The number of rotatable bonds is 3. The molecule has 3 aliphatic heterocycles. The molecule has 4 aliphatic rings.